The van der Waals surface area contributed by atoms with Crippen molar-refractivity contribution in [3.8, 4) is 0 Å². The van der Waals surface area contributed by atoms with Crippen LogP contribution in [-0.2, 0) is 19.0 Å². The number of nitrogens with two attached hydrogens (primary N) is 1. The summed E-state index contributed by atoms with van der Waals surface area (Å²) in [5, 5.41) is 2.92. The molecule has 2 saturated heterocycles. The highest BCUT2D eigenvalue weighted by Gasteiger charge is 2.48. The number of amides is 2. The predicted molar refractivity (Wildman–Crippen MR) is 76.1 cm³/mol. The van der Waals surface area contributed by atoms with E-state index in [2.05, 4.69) is 5.32 Å². The molecule has 2 amide bonds. The second kappa shape index (κ2) is 6.43. The lowest BCUT2D eigenvalue weighted by Crippen LogP contribution is -2.44. The van der Waals surface area contributed by atoms with Crippen LogP contribution < -0.4 is 11.1 Å². The summed E-state index contributed by atoms with van der Waals surface area (Å²) in [5.74, 6) is -0.699. The lowest BCUT2D eigenvalue weighted by molar-refractivity contribution is -0.126. The molecule has 2 aliphatic heterocycles. The first-order chi connectivity index (χ1) is 10.6. The minimum atomic E-state index is -0.532. The van der Waals surface area contributed by atoms with Crippen LogP contribution in [0.25, 0.3) is 0 Å². The average Bonchev–Trinajstić information content (AvgIpc) is 3.09. The van der Waals surface area contributed by atoms with E-state index in [1.807, 2.05) is 18.2 Å². The highest BCUT2D eigenvalue weighted by Crippen LogP contribution is 2.29. The number of benzene rings is 1. The molecule has 0 bridgehead atoms. The Labute approximate surface area is 127 Å². The van der Waals surface area contributed by atoms with Gasteiger partial charge < -0.3 is 25.3 Å². The summed E-state index contributed by atoms with van der Waals surface area (Å²) in [6.45, 7) is 0.506. The zero-order chi connectivity index (χ0) is 15.5. The van der Waals surface area contributed by atoms with Crippen LogP contribution in [0, 0.1) is 0 Å². The first-order valence-corrected chi connectivity index (χ1v) is 7.14. The van der Waals surface area contributed by atoms with Gasteiger partial charge in [-0.15, -0.1) is 0 Å². The van der Waals surface area contributed by atoms with E-state index in [0.29, 0.717) is 18.8 Å². The Morgan fingerprint density at radius 2 is 1.91 bits per heavy atom. The number of fused-ring (bicyclic) bond motifs is 1. The van der Waals surface area contributed by atoms with Gasteiger partial charge in [-0.3, -0.25) is 9.59 Å². The van der Waals surface area contributed by atoms with Crippen LogP contribution in [0.3, 0.4) is 0 Å². The zero-order valence-corrected chi connectivity index (χ0v) is 11.9. The highest BCUT2D eigenvalue weighted by atomic mass is 16.6. The van der Waals surface area contributed by atoms with E-state index in [0.717, 1.165) is 0 Å². The molecule has 0 unspecified atom stereocenters. The number of carbonyl (C=O) groups excluding carboxylic acids is 2. The van der Waals surface area contributed by atoms with Gasteiger partial charge in [-0.1, -0.05) is 18.2 Å². The maximum absolute atomic E-state index is 12.2. The summed E-state index contributed by atoms with van der Waals surface area (Å²) in [7, 11) is 0. The van der Waals surface area contributed by atoms with E-state index in [-0.39, 0.29) is 36.9 Å². The quantitative estimate of drug-likeness (QED) is 0.760. The molecule has 0 aromatic heterocycles. The molecule has 1 aromatic carbocycles. The summed E-state index contributed by atoms with van der Waals surface area (Å²) in [4.78, 5) is 22.9. The van der Waals surface area contributed by atoms with Crippen molar-refractivity contribution in [1.29, 1.82) is 0 Å². The molecule has 1 aromatic rings. The molecule has 0 aliphatic carbocycles. The fourth-order valence-electron chi connectivity index (χ4n) is 2.76. The van der Waals surface area contributed by atoms with Crippen molar-refractivity contribution in [1.82, 2.24) is 5.32 Å². The predicted octanol–water partition coefficient (Wildman–Crippen LogP) is -0.547. The van der Waals surface area contributed by atoms with Crippen LogP contribution in [0.5, 0.6) is 0 Å². The summed E-state index contributed by atoms with van der Waals surface area (Å²) in [5.41, 5.74) is 5.65. The van der Waals surface area contributed by atoms with E-state index in [1.54, 1.807) is 12.1 Å². The molecular weight excluding hydrogens is 288 g/mol. The third kappa shape index (κ3) is 3.11. The Kier molecular flexibility index (Phi) is 4.37. The SMILES string of the molecule is NC(=O)CO[C@@H]1CO[C@H]2[C@@H]1OC[C@@H]2NC(=O)c1ccccc1. The van der Waals surface area contributed by atoms with Crippen LogP contribution in [0.15, 0.2) is 30.3 Å². The van der Waals surface area contributed by atoms with Crippen LogP contribution in [0.4, 0.5) is 0 Å². The van der Waals surface area contributed by atoms with Gasteiger partial charge in [0.15, 0.2) is 0 Å². The molecule has 0 saturated carbocycles. The minimum Gasteiger partial charge on any atom is -0.370 e. The molecule has 2 aliphatic rings. The van der Waals surface area contributed by atoms with Gasteiger partial charge in [0, 0.05) is 5.56 Å². The summed E-state index contributed by atoms with van der Waals surface area (Å²) in [6.07, 6.45) is -0.901. The van der Waals surface area contributed by atoms with Crippen LogP contribution in [-0.4, -0.2) is 56.0 Å². The minimum absolute atomic E-state index is 0.165. The monoisotopic (exact) mass is 306 g/mol. The molecule has 22 heavy (non-hydrogen) atoms. The van der Waals surface area contributed by atoms with Crippen molar-refractivity contribution < 1.29 is 23.8 Å². The fourth-order valence-corrected chi connectivity index (χ4v) is 2.76. The van der Waals surface area contributed by atoms with Gasteiger partial charge in [-0.25, -0.2) is 0 Å². The van der Waals surface area contributed by atoms with Crippen LogP contribution in [0.2, 0.25) is 0 Å². The second-order valence-corrected chi connectivity index (χ2v) is 5.36. The number of nitrogens with one attached hydrogen (secondary N) is 1. The molecule has 0 radical (unpaired) electrons. The molecule has 2 fully saturated rings. The number of ether oxygens (including phenoxy) is 3. The molecule has 4 atom stereocenters. The number of rotatable bonds is 5. The topological polar surface area (TPSA) is 99.9 Å². The normalized spacial score (nSPS) is 30.0. The Balaban J connectivity index is 1.57. The van der Waals surface area contributed by atoms with Gasteiger partial charge in [0.2, 0.25) is 5.91 Å². The smallest absolute Gasteiger partial charge is 0.251 e. The van der Waals surface area contributed by atoms with E-state index in [9.17, 15) is 9.59 Å². The van der Waals surface area contributed by atoms with Crippen molar-refractivity contribution >= 4 is 11.8 Å². The summed E-state index contributed by atoms with van der Waals surface area (Å²) >= 11 is 0. The number of primary amides is 1. The van der Waals surface area contributed by atoms with Gasteiger partial charge in [0.05, 0.1) is 19.3 Å². The third-order valence-electron chi connectivity index (χ3n) is 3.80. The first-order valence-electron chi connectivity index (χ1n) is 7.14. The number of carbonyl (C=O) groups is 2. The Bertz CT molecular complexity index is 550. The number of hydrogen-bond acceptors (Lipinski definition) is 5. The Hall–Kier alpha value is -1.96. The summed E-state index contributed by atoms with van der Waals surface area (Å²) < 4.78 is 16.7. The van der Waals surface area contributed by atoms with Crippen LogP contribution >= 0.6 is 0 Å². The van der Waals surface area contributed by atoms with Gasteiger partial charge in [-0.2, -0.15) is 0 Å². The molecule has 2 heterocycles. The Morgan fingerprint density at radius 1 is 1.18 bits per heavy atom. The summed E-state index contributed by atoms with van der Waals surface area (Å²) in [6, 6.07) is 8.73. The molecular formula is C15H18N2O5. The van der Waals surface area contributed by atoms with Gasteiger partial charge in [-0.05, 0) is 12.1 Å². The van der Waals surface area contributed by atoms with Crippen molar-refractivity contribution in [2.45, 2.75) is 24.4 Å². The van der Waals surface area contributed by atoms with E-state index >= 15 is 0 Å². The largest absolute Gasteiger partial charge is 0.370 e. The zero-order valence-electron chi connectivity index (χ0n) is 11.9. The lowest BCUT2D eigenvalue weighted by atomic mass is 10.1. The Morgan fingerprint density at radius 3 is 2.64 bits per heavy atom. The first kappa shape index (κ1) is 15.0. The van der Waals surface area contributed by atoms with Gasteiger partial charge >= 0.3 is 0 Å². The molecule has 7 nitrogen and oxygen atoms in total. The highest BCUT2D eigenvalue weighted by molar-refractivity contribution is 5.94. The van der Waals surface area contributed by atoms with Gasteiger partial charge in [0.1, 0.15) is 24.9 Å². The molecule has 3 N–H and O–H groups in total. The molecule has 3 rings (SSSR count). The van der Waals surface area contributed by atoms with E-state index in [4.69, 9.17) is 19.9 Å². The standard InChI is InChI=1S/C15H18N2O5/c16-12(18)8-20-11-7-22-13-10(6-21-14(11)13)17-15(19)9-4-2-1-3-5-9/h1-5,10-11,13-14H,6-8H2,(H2,16,18)(H,17,19)/t10-,11+,13+,14+/m0/s1. The van der Waals surface area contributed by atoms with Crippen molar-refractivity contribution in [2.75, 3.05) is 19.8 Å². The maximum atomic E-state index is 12.2. The van der Waals surface area contributed by atoms with Crippen LogP contribution in [0.1, 0.15) is 10.4 Å². The van der Waals surface area contributed by atoms with Gasteiger partial charge in [0.25, 0.3) is 5.91 Å². The van der Waals surface area contributed by atoms with Crippen molar-refractivity contribution in [3.05, 3.63) is 35.9 Å². The van der Waals surface area contributed by atoms with Crippen molar-refractivity contribution in [3.63, 3.8) is 0 Å². The molecule has 0 spiro atoms. The van der Waals surface area contributed by atoms with Crippen molar-refractivity contribution in [2.24, 2.45) is 5.73 Å². The second-order valence-electron chi connectivity index (χ2n) is 5.36. The average molecular weight is 306 g/mol. The maximum Gasteiger partial charge on any atom is 0.251 e. The molecule has 118 valence electrons. The molecule has 7 heteroatoms. The fraction of sp³-hybridized carbons (Fsp3) is 0.467. The van der Waals surface area contributed by atoms with E-state index < -0.39 is 5.91 Å². The third-order valence-corrected chi connectivity index (χ3v) is 3.80. The number of hydrogen-bond donors (Lipinski definition) is 2. The van der Waals surface area contributed by atoms with E-state index in [1.165, 1.54) is 0 Å². The lowest BCUT2D eigenvalue weighted by Gasteiger charge is -2.17.